The summed E-state index contributed by atoms with van der Waals surface area (Å²) < 4.78 is 0. The molecule has 0 saturated heterocycles. The lowest BCUT2D eigenvalue weighted by Gasteiger charge is -2.10. The van der Waals surface area contributed by atoms with E-state index in [0.717, 1.165) is 25.6 Å². The van der Waals surface area contributed by atoms with Crippen molar-refractivity contribution in [2.75, 3.05) is 19.6 Å². The van der Waals surface area contributed by atoms with Crippen molar-refractivity contribution in [1.29, 1.82) is 0 Å². The second-order valence-corrected chi connectivity index (χ2v) is 6.00. The van der Waals surface area contributed by atoms with Gasteiger partial charge in [-0.15, -0.1) is 0 Å². The van der Waals surface area contributed by atoms with Gasteiger partial charge in [-0.2, -0.15) is 0 Å². The molecule has 0 aromatic carbocycles. The van der Waals surface area contributed by atoms with Crippen LogP contribution < -0.4 is 11.1 Å². The average molecular weight is 198 g/mol. The zero-order valence-electron chi connectivity index (χ0n) is 10.4. The maximum atomic E-state index is 5.57. The van der Waals surface area contributed by atoms with Crippen molar-refractivity contribution in [1.82, 2.24) is 5.32 Å². The molecule has 84 valence electrons. The van der Waals surface area contributed by atoms with Crippen molar-refractivity contribution < 1.29 is 0 Å². The van der Waals surface area contributed by atoms with Crippen LogP contribution in [0.1, 0.15) is 34.6 Å². The van der Waals surface area contributed by atoms with Gasteiger partial charge < -0.3 is 11.1 Å². The van der Waals surface area contributed by atoms with Crippen molar-refractivity contribution in [3.05, 3.63) is 0 Å². The molecule has 14 heavy (non-hydrogen) atoms. The molecule has 3 N–H and O–H groups in total. The van der Waals surface area contributed by atoms with Crippen LogP contribution in [0.2, 0.25) is 0 Å². The van der Waals surface area contributed by atoms with Crippen molar-refractivity contribution >= 4 is 0 Å². The van der Waals surface area contributed by atoms with E-state index < -0.39 is 0 Å². The van der Waals surface area contributed by atoms with E-state index in [-0.39, 0.29) is 0 Å². The zero-order chi connectivity index (χ0) is 11.0. The van der Waals surface area contributed by atoms with Gasteiger partial charge in [-0.1, -0.05) is 34.6 Å². The van der Waals surface area contributed by atoms with Crippen molar-refractivity contribution in [2.24, 2.45) is 28.4 Å². The van der Waals surface area contributed by atoms with E-state index in [1.54, 1.807) is 0 Å². The smallest absolute Gasteiger partial charge is 0.000976 e. The highest BCUT2D eigenvalue weighted by Gasteiger charge is 2.63. The Morgan fingerprint density at radius 2 is 1.71 bits per heavy atom. The Labute approximate surface area is 88.6 Å². The largest absolute Gasteiger partial charge is 0.330 e. The number of nitrogens with one attached hydrogen (secondary N) is 1. The molecule has 1 fully saturated rings. The van der Waals surface area contributed by atoms with Crippen LogP contribution in [0.4, 0.5) is 0 Å². The van der Waals surface area contributed by atoms with E-state index in [1.807, 2.05) is 0 Å². The first kappa shape index (κ1) is 12.0. The Morgan fingerprint density at radius 3 is 2.07 bits per heavy atom. The Bertz CT molecular complexity index is 182. The number of hydrogen-bond acceptors (Lipinski definition) is 2. The van der Waals surface area contributed by atoms with Crippen LogP contribution in [0.25, 0.3) is 0 Å². The first-order valence-corrected chi connectivity index (χ1v) is 5.74. The van der Waals surface area contributed by atoms with Crippen molar-refractivity contribution in [3.8, 4) is 0 Å². The highest BCUT2D eigenvalue weighted by molar-refractivity contribution is 5.12. The fourth-order valence-electron chi connectivity index (χ4n) is 2.40. The molecule has 1 atom stereocenters. The van der Waals surface area contributed by atoms with Gasteiger partial charge in [0.25, 0.3) is 0 Å². The molecule has 1 rings (SSSR count). The third kappa shape index (κ3) is 1.96. The fraction of sp³-hybridized carbons (Fsp3) is 1.00. The van der Waals surface area contributed by atoms with Gasteiger partial charge in [0.15, 0.2) is 0 Å². The van der Waals surface area contributed by atoms with Gasteiger partial charge in [0.1, 0.15) is 0 Å². The summed E-state index contributed by atoms with van der Waals surface area (Å²) in [5.74, 6) is 1.42. The molecule has 2 heteroatoms. The summed E-state index contributed by atoms with van der Waals surface area (Å²) >= 11 is 0. The molecule has 0 aliphatic heterocycles. The van der Waals surface area contributed by atoms with Gasteiger partial charge in [0.2, 0.25) is 0 Å². The molecule has 0 aromatic heterocycles. The molecular formula is C12H26N2. The van der Waals surface area contributed by atoms with Crippen LogP contribution in [-0.2, 0) is 0 Å². The SMILES string of the molecule is CC(CN)CNCC1C(C)(C)C1(C)C. The third-order valence-corrected chi connectivity index (χ3v) is 4.56. The van der Waals surface area contributed by atoms with Crippen LogP contribution in [0.5, 0.6) is 0 Å². The molecule has 0 bridgehead atoms. The second-order valence-electron chi connectivity index (χ2n) is 6.00. The maximum absolute atomic E-state index is 5.57. The molecule has 0 amide bonds. The molecule has 1 saturated carbocycles. The van der Waals surface area contributed by atoms with Crippen LogP contribution in [0.3, 0.4) is 0 Å². The van der Waals surface area contributed by atoms with Crippen LogP contribution in [0, 0.1) is 22.7 Å². The summed E-state index contributed by atoms with van der Waals surface area (Å²) in [7, 11) is 0. The minimum absolute atomic E-state index is 0.506. The summed E-state index contributed by atoms with van der Waals surface area (Å²) in [5.41, 5.74) is 6.58. The van der Waals surface area contributed by atoms with Gasteiger partial charge in [0, 0.05) is 0 Å². The van der Waals surface area contributed by atoms with Gasteiger partial charge in [-0.25, -0.2) is 0 Å². The Balaban J connectivity index is 2.22. The van der Waals surface area contributed by atoms with Gasteiger partial charge in [-0.05, 0) is 42.3 Å². The Hall–Kier alpha value is -0.0800. The summed E-state index contributed by atoms with van der Waals surface area (Å²) in [4.78, 5) is 0. The number of hydrogen-bond donors (Lipinski definition) is 2. The predicted molar refractivity (Wildman–Crippen MR) is 62.1 cm³/mol. The summed E-state index contributed by atoms with van der Waals surface area (Å²) in [6, 6.07) is 0. The zero-order valence-corrected chi connectivity index (χ0v) is 10.4. The van der Waals surface area contributed by atoms with Crippen LogP contribution in [0.15, 0.2) is 0 Å². The van der Waals surface area contributed by atoms with Gasteiger partial charge in [0.05, 0.1) is 0 Å². The summed E-state index contributed by atoms with van der Waals surface area (Å²) in [6.07, 6.45) is 0. The van der Waals surface area contributed by atoms with E-state index in [0.29, 0.717) is 16.7 Å². The Kier molecular flexibility index (Phi) is 3.27. The van der Waals surface area contributed by atoms with Gasteiger partial charge >= 0.3 is 0 Å². The first-order valence-electron chi connectivity index (χ1n) is 5.74. The normalized spacial score (nSPS) is 26.1. The summed E-state index contributed by atoms with van der Waals surface area (Å²) in [5, 5.41) is 3.53. The third-order valence-electron chi connectivity index (χ3n) is 4.56. The van der Waals surface area contributed by atoms with E-state index in [9.17, 15) is 0 Å². The average Bonchev–Trinajstić information content (AvgIpc) is 2.47. The topological polar surface area (TPSA) is 38.0 Å². The van der Waals surface area contributed by atoms with E-state index >= 15 is 0 Å². The number of nitrogens with two attached hydrogens (primary N) is 1. The van der Waals surface area contributed by atoms with E-state index in [1.165, 1.54) is 0 Å². The second kappa shape index (κ2) is 3.82. The highest BCUT2D eigenvalue weighted by Crippen LogP contribution is 2.67. The number of rotatable bonds is 5. The van der Waals surface area contributed by atoms with Gasteiger partial charge in [-0.3, -0.25) is 0 Å². The molecule has 1 unspecified atom stereocenters. The minimum atomic E-state index is 0.506. The first-order chi connectivity index (χ1) is 6.34. The maximum Gasteiger partial charge on any atom is -0.000976 e. The van der Waals surface area contributed by atoms with E-state index in [2.05, 4.69) is 39.9 Å². The minimum Gasteiger partial charge on any atom is -0.330 e. The van der Waals surface area contributed by atoms with Crippen molar-refractivity contribution in [2.45, 2.75) is 34.6 Å². The standard InChI is InChI=1S/C12H26N2/c1-9(6-13)7-14-8-10-11(2,3)12(10,4)5/h9-10,14H,6-8,13H2,1-5H3. The summed E-state index contributed by atoms with van der Waals surface area (Å²) in [6.45, 7) is 14.6. The lowest BCUT2D eigenvalue weighted by Crippen LogP contribution is -2.28. The molecule has 1 aliphatic rings. The quantitative estimate of drug-likeness (QED) is 0.707. The Morgan fingerprint density at radius 1 is 1.21 bits per heavy atom. The monoisotopic (exact) mass is 198 g/mol. The van der Waals surface area contributed by atoms with Crippen LogP contribution in [-0.4, -0.2) is 19.6 Å². The van der Waals surface area contributed by atoms with E-state index in [4.69, 9.17) is 5.73 Å². The molecule has 0 heterocycles. The lowest BCUT2D eigenvalue weighted by molar-refractivity contribution is 0.457. The molecule has 0 radical (unpaired) electrons. The fourth-order valence-corrected chi connectivity index (χ4v) is 2.40. The molecule has 1 aliphatic carbocycles. The molecular weight excluding hydrogens is 172 g/mol. The molecule has 2 nitrogen and oxygen atoms in total. The lowest BCUT2D eigenvalue weighted by atomic mass is 10.0. The molecule has 0 spiro atoms. The molecule has 0 aromatic rings. The van der Waals surface area contributed by atoms with Crippen molar-refractivity contribution in [3.63, 3.8) is 0 Å². The predicted octanol–water partition coefficient (Wildman–Crippen LogP) is 1.85. The highest BCUT2D eigenvalue weighted by atomic mass is 14.9. The van der Waals surface area contributed by atoms with Crippen LogP contribution >= 0.6 is 0 Å².